The molecule has 1 saturated carbocycles. The molecule has 2 aromatic heterocycles. The number of nitrogens with one attached hydrogen (secondary N) is 1. The lowest BCUT2D eigenvalue weighted by Crippen LogP contribution is -2.16. The molecule has 1 aromatic carbocycles. The van der Waals surface area contributed by atoms with Crippen LogP contribution in [-0.2, 0) is 12.8 Å². The second kappa shape index (κ2) is 6.82. The van der Waals surface area contributed by atoms with E-state index in [1.807, 2.05) is 37.3 Å². The van der Waals surface area contributed by atoms with Crippen LogP contribution in [0.4, 0.5) is 0 Å². The van der Waals surface area contributed by atoms with Gasteiger partial charge in [0.2, 0.25) is 0 Å². The molecule has 4 rings (SSSR count). The third-order valence-corrected chi connectivity index (χ3v) is 5.27. The lowest BCUT2D eigenvalue weighted by Gasteiger charge is -2.08. The maximum absolute atomic E-state index is 12.7. The number of nitrogens with zero attached hydrogens (tertiary/aromatic N) is 3. The first-order chi connectivity index (χ1) is 12.3. The maximum atomic E-state index is 12.7. The Hall–Kier alpha value is -2.43. The van der Waals surface area contributed by atoms with E-state index >= 15 is 0 Å². The van der Waals surface area contributed by atoms with Gasteiger partial charge < -0.3 is 4.98 Å². The molecule has 25 heavy (non-hydrogen) atoms. The Morgan fingerprint density at radius 3 is 2.68 bits per heavy atom. The van der Waals surface area contributed by atoms with Gasteiger partial charge >= 0.3 is 0 Å². The van der Waals surface area contributed by atoms with Crippen LogP contribution >= 0.6 is 0 Å². The molecule has 0 unspecified atom stereocenters. The molecule has 0 amide bonds. The standard InChI is InChI=1S/C20H24N4O/c1-2-16-18-20(25)22-19(15-10-4-3-5-11-15)23-24(18)17(21-16)13-12-14-8-6-7-9-14/h3-5,10-11,14H,2,6-9,12-13H2,1H3,(H,22,23,25). The van der Waals surface area contributed by atoms with Crippen LogP contribution in [-0.4, -0.2) is 19.6 Å². The third-order valence-electron chi connectivity index (χ3n) is 5.27. The average molecular weight is 336 g/mol. The van der Waals surface area contributed by atoms with Gasteiger partial charge in [0.15, 0.2) is 11.3 Å². The molecule has 1 aliphatic rings. The summed E-state index contributed by atoms with van der Waals surface area (Å²) in [5.74, 6) is 2.32. The van der Waals surface area contributed by atoms with Crippen molar-refractivity contribution in [2.45, 2.75) is 51.9 Å². The summed E-state index contributed by atoms with van der Waals surface area (Å²) in [6, 6.07) is 9.78. The van der Waals surface area contributed by atoms with E-state index in [0.29, 0.717) is 11.3 Å². The van der Waals surface area contributed by atoms with E-state index in [-0.39, 0.29) is 5.56 Å². The van der Waals surface area contributed by atoms with Gasteiger partial charge in [-0.2, -0.15) is 0 Å². The second-order valence-electron chi connectivity index (χ2n) is 6.95. The van der Waals surface area contributed by atoms with E-state index in [9.17, 15) is 4.79 Å². The summed E-state index contributed by atoms with van der Waals surface area (Å²) >= 11 is 0. The second-order valence-corrected chi connectivity index (χ2v) is 6.95. The molecule has 5 nitrogen and oxygen atoms in total. The van der Waals surface area contributed by atoms with Crippen molar-refractivity contribution in [1.29, 1.82) is 0 Å². The number of aromatic amines is 1. The first-order valence-electron chi connectivity index (χ1n) is 9.32. The highest BCUT2D eigenvalue weighted by molar-refractivity contribution is 5.57. The molecule has 0 atom stereocenters. The smallest absolute Gasteiger partial charge is 0.277 e. The number of rotatable bonds is 5. The molecule has 3 aromatic rings. The van der Waals surface area contributed by atoms with Crippen molar-refractivity contribution in [2.75, 3.05) is 0 Å². The van der Waals surface area contributed by atoms with E-state index in [0.717, 1.165) is 42.3 Å². The summed E-state index contributed by atoms with van der Waals surface area (Å²) in [5.41, 5.74) is 2.25. The van der Waals surface area contributed by atoms with Gasteiger partial charge in [-0.05, 0) is 18.8 Å². The van der Waals surface area contributed by atoms with Gasteiger partial charge in [-0.1, -0.05) is 62.9 Å². The average Bonchev–Trinajstić information content (AvgIpc) is 3.28. The predicted molar refractivity (Wildman–Crippen MR) is 98.7 cm³/mol. The highest BCUT2D eigenvalue weighted by atomic mass is 16.1. The van der Waals surface area contributed by atoms with Crippen molar-refractivity contribution in [3.63, 3.8) is 0 Å². The molecule has 0 bridgehead atoms. The van der Waals surface area contributed by atoms with E-state index in [4.69, 9.17) is 10.1 Å². The van der Waals surface area contributed by atoms with E-state index in [1.165, 1.54) is 25.7 Å². The SMILES string of the molecule is CCc1nc(CCC2CCCC2)n2nc(-c3ccccc3)[nH]c(=O)c12. The number of aryl methyl sites for hydroxylation is 2. The molecule has 1 N–H and O–H groups in total. The first kappa shape index (κ1) is 16.1. The van der Waals surface area contributed by atoms with Crippen LogP contribution in [0.25, 0.3) is 16.9 Å². The van der Waals surface area contributed by atoms with E-state index in [1.54, 1.807) is 4.52 Å². The minimum atomic E-state index is -0.106. The molecule has 0 radical (unpaired) electrons. The molecule has 1 fully saturated rings. The van der Waals surface area contributed by atoms with Crippen molar-refractivity contribution in [2.24, 2.45) is 5.92 Å². The van der Waals surface area contributed by atoms with Crippen LogP contribution < -0.4 is 5.56 Å². The van der Waals surface area contributed by atoms with Crippen molar-refractivity contribution >= 4 is 5.52 Å². The van der Waals surface area contributed by atoms with E-state index in [2.05, 4.69) is 4.98 Å². The number of hydrogen-bond donors (Lipinski definition) is 1. The largest absolute Gasteiger partial charge is 0.303 e. The molecule has 0 saturated heterocycles. The summed E-state index contributed by atoms with van der Waals surface area (Å²) < 4.78 is 1.79. The van der Waals surface area contributed by atoms with Gasteiger partial charge in [-0.25, -0.2) is 9.50 Å². The van der Waals surface area contributed by atoms with Gasteiger partial charge in [0.05, 0.1) is 5.69 Å². The van der Waals surface area contributed by atoms with Crippen LogP contribution in [0.15, 0.2) is 35.1 Å². The van der Waals surface area contributed by atoms with Gasteiger partial charge in [0, 0.05) is 12.0 Å². The molecule has 1 aliphatic carbocycles. The molecular weight excluding hydrogens is 312 g/mol. The summed E-state index contributed by atoms with van der Waals surface area (Å²) in [7, 11) is 0. The molecule has 130 valence electrons. The molecule has 0 spiro atoms. The monoisotopic (exact) mass is 336 g/mol. The minimum Gasteiger partial charge on any atom is -0.303 e. The number of fused-ring (bicyclic) bond motifs is 1. The fourth-order valence-corrected chi connectivity index (χ4v) is 3.90. The van der Waals surface area contributed by atoms with Gasteiger partial charge in [0.1, 0.15) is 5.82 Å². The normalized spacial score (nSPS) is 15.2. The molecule has 5 heteroatoms. The Morgan fingerprint density at radius 2 is 1.96 bits per heavy atom. The van der Waals surface area contributed by atoms with Crippen LogP contribution in [0.3, 0.4) is 0 Å². The van der Waals surface area contributed by atoms with Gasteiger partial charge in [-0.3, -0.25) is 4.79 Å². The first-order valence-corrected chi connectivity index (χ1v) is 9.32. The summed E-state index contributed by atoms with van der Waals surface area (Å²) in [4.78, 5) is 20.3. The fourth-order valence-electron chi connectivity index (χ4n) is 3.90. The number of hydrogen-bond acceptors (Lipinski definition) is 3. The lowest BCUT2D eigenvalue weighted by atomic mass is 10.0. The Morgan fingerprint density at radius 1 is 1.20 bits per heavy atom. The summed E-state index contributed by atoms with van der Waals surface area (Å²) in [6.45, 7) is 2.04. The number of benzene rings is 1. The van der Waals surface area contributed by atoms with Crippen molar-refractivity contribution in [1.82, 2.24) is 19.6 Å². The zero-order valence-corrected chi connectivity index (χ0v) is 14.7. The quantitative estimate of drug-likeness (QED) is 0.771. The third kappa shape index (κ3) is 3.11. The predicted octanol–water partition coefficient (Wildman–Crippen LogP) is 3.77. The highest BCUT2D eigenvalue weighted by Gasteiger charge is 2.19. The zero-order chi connectivity index (χ0) is 17.2. The van der Waals surface area contributed by atoms with Crippen molar-refractivity contribution in [3.8, 4) is 11.4 Å². The zero-order valence-electron chi connectivity index (χ0n) is 14.7. The molecule has 2 heterocycles. The summed E-state index contributed by atoms with van der Waals surface area (Å²) in [6.07, 6.45) is 8.11. The van der Waals surface area contributed by atoms with Gasteiger partial charge in [0.25, 0.3) is 5.56 Å². The van der Waals surface area contributed by atoms with Crippen LogP contribution in [0, 0.1) is 5.92 Å². The van der Waals surface area contributed by atoms with Crippen molar-refractivity contribution < 1.29 is 0 Å². The summed E-state index contributed by atoms with van der Waals surface area (Å²) in [5, 5.41) is 4.72. The minimum absolute atomic E-state index is 0.106. The Bertz CT molecular complexity index is 920. The number of H-pyrrole nitrogens is 1. The number of aromatic nitrogens is 4. The van der Waals surface area contributed by atoms with E-state index < -0.39 is 0 Å². The highest BCUT2D eigenvalue weighted by Crippen LogP contribution is 2.28. The Balaban J connectivity index is 1.76. The topological polar surface area (TPSA) is 63.1 Å². The van der Waals surface area contributed by atoms with Gasteiger partial charge in [-0.15, -0.1) is 5.10 Å². The Kier molecular flexibility index (Phi) is 4.38. The Labute approximate surface area is 147 Å². The van der Waals surface area contributed by atoms with Crippen LogP contribution in [0.2, 0.25) is 0 Å². The van der Waals surface area contributed by atoms with Crippen molar-refractivity contribution in [3.05, 3.63) is 52.2 Å². The molecule has 0 aliphatic heterocycles. The molecular formula is C20H24N4O. The van der Waals surface area contributed by atoms with Crippen LogP contribution in [0.1, 0.15) is 50.5 Å². The van der Waals surface area contributed by atoms with Crippen LogP contribution in [0.5, 0.6) is 0 Å². The number of imidazole rings is 1. The maximum Gasteiger partial charge on any atom is 0.277 e. The lowest BCUT2D eigenvalue weighted by molar-refractivity contribution is 0.494. The fraction of sp³-hybridized carbons (Fsp3) is 0.450.